The zero-order valence-corrected chi connectivity index (χ0v) is 22.2. The second kappa shape index (κ2) is 11.0. The summed E-state index contributed by atoms with van der Waals surface area (Å²) < 4.78 is 47.2. The maximum atomic E-state index is 13.7. The molecular formula is C24H26N8O5S. The Labute approximate surface area is 219 Å². The molecule has 0 unspecified atom stereocenters. The van der Waals surface area contributed by atoms with E-state index in [1.807, 2.05) is 6.07 Å². The number of ether oxygens (including phenoxy) is 3. The van der Waals surface area contributed by atoms with Gasteiger partial charge >= 0.3 is 0 Å². The molecule has 0 aliphatic carbocycles. The third-order valence-electron chi connectivity index (χ3n) is 5.93. The van der Waals surface area contributed by atoms with Crippen molar-refractivity contribution < 1.29 is 22.6 Å². The molecule has 3 aromatic heterocycles. The van der Waals surface area contributed by atoms with Gasteiger partial charge in [-0.15, -0.1) is 10.2 Å². The Hall–Kier alpha value is -4.35. The SMILES string of the molecule is COc1cccc(OC)c1-n1c(CS(=O)(=O)[C@@H](C)[C@H](OC)c2ncc(C#N)cn2)nnc1-c1ccn(C)n1. The summed E-state index contributed by atoms with van der Waals surface area (Å²) in [6, 6.07) is 8.88. The van der Waals surface area contributed by atoms with E-state index in [4.69, 9.17) is 19.5 Å². The predicted molar refractivity (Wildman–Crippen MR) is 135 cm³/mol. The van der Waals surface area contributed by atoms with Crippen LogP contribution in [0.1, 0.15) is 30.2 Å². The second-order valence-corrected chi connectivity index (χ2v) is 10.6. The number of aryl methyl sites for hydroxylation is 1. The van der Waals surface area contributed by atoms with E-state index in [0.717, 1.165) is 0 Å². The Balaban J connectivity index is 1.81. The summed E-state index contributed by atoms with van der Waals surface area (Å²) in [6.07, 6.45) is 3.39. The fraction of sp³-hybridized carbons (Fsp3) is 0.333. The quantitative estimate of drug-likeness (QED) is 0.291. The molecule has 0 aliphatic heterocycles. The highest BCUT2D eigenvalue weighted by Crippen LogP contribution is 2.37. The highest BCUT2D eigenvalue weighted by molar-refractivity contribution is 7.91. The molecule has 0 N–H and O–H groups in total. The van der Waals surface area contributed by atoms with Crippen LogP contribution in [0.2, 0.25) is 0 Å². The van der Waals surface area contributed by atoms with E-state index in [9.17, 15) is 8.42 Å². The van der Waals surface area contributed by atoms with Crippen molar-refractivity contribution >= 4 is 9.84 Å². The number of benzene rings is 1. The molecule has 4 aromatic rings. The lowest BCUT2D eigenvalue weighted by Crippen LogP contribution is -2.30. The van der Waals surface area contributed by atoms with Crippen LogP contribution >= 0.6 is 0 Å². The molecule has 13 nitrogen and oxygen atoms in total. The lowest BCUT2D eigenvalue weighted by atomic mass is 10.2. The van der Waals surface area contributed by atoms with Gasteiger partial charge in [0.25, 0.3) is 0 Å². The minimum atomic E-state index is -3.92. The van der Waals surface area contributed by atoms with Gasteiger partial charge in [0.2, 0.25) is 0 Å². The van der Waals surface area contributed by atoms with Crippen LogP contribution in [0.4, 0.5) is 0 Å². The van der Waals surface area contributed by atoms with Crippen molar-refractivity contribution in [2.75, 3.05) is 21.3 Å². The number of para-hydroxylation sites is 1. The summed E-state index contributed by atoms with van der Waals surface area (Å²) >= 11 is 0. The maximum absolute atomic E-state index is 13.7. The number of nitrogens with zero attached hydrogens (tertiary/aromatic N) is 8. The fourth-order valence-electron chi connectivity index (χ4n) is 3.95. The van der Waals surface area contributed by atoms with Gasteiger partial charge in [0.15, 0.2) is 27.3 Å². The Kier molecular flexibility index (Phi) is 7.70. The normalized spacial score (nSPS) is 13.1. The van der Waals surface area contributed by atoms with Gasteiger partial charge in [0, 0.05) is 32.7 Å². The molecule has 2 atom stereocenters. The van der Waals surface area contributed by atoms with E-state index in [-0.39, 0.29) is 17.2 Å². The molecule has 0 saturated heterocycles. The molecule has 0 amide bonds. The van der Waals surface area contributed by atoms with Crippen molar-refractivity contribution in [3.8, 4) is 34.8 Å². The first-order valence-electron chi connectivity index (χ1n) is 11.4. The number of rotatable bonds is 10. The van der Waals surface area contributed by atoms with Gasteiger partial charge in [-0.1, -0.05) is 6.07 Å². The van der Waals surface area contributed by atoms with Crippen molar-refractivity contribution in [1.82, 2.24) is 34.5 Å². The lowest BCUT2D eigenvalue weighted by molar-refractivity contribution is 0.0948. The van der Waals surface area contributed by atoms with Crippen molar-refractivity contribution in [2.45, 2.75) is 24.0 Å². The first-order valence-corrected chi connectivity index (χ1v) is 13.1. The van der Waals surface area contributed by atoms with Gasteiger partial charge in [-0.2, -0.15) is 10.4 Å². The summed E-state index contributed by atoms with van der Waals surface area (Å²) in [5, 5.41) is 20.9. The van der Waals surface area contributed by atoms with Crippen LogP contribution in [0.25, 0.3) is 17.2 Å². The molecule has 38 heavy (non-hydrogen) atoms. The van der Waals surface area contributed by atoms with Crippen LogP contribution in [0.15, 0.2) is 42.9 Å². The van der Waals surface area contributed by atoms with Crippen LogP contribution < -0.4 is 9.47 Å². The Bertz CT molecular complexity index is 1550. The van der Waals surface area contributed by atoms with E-state index in [2.05, 4.69) is 25.3 Å². The maximum Gasteiger partial charge on any atom is 0.189 e. The first-order chi connectivity index (χ1) is 18.2. The largest absolute Gasteiger partial charge is 0.494 e. The van der Waals surface area contributed by atoms with Gasteiger partial charge < -0.3 is 14.2 Å². The first kappa shape index (κ1) is 26.7. The summed E-state index contributed by atoms with van der Waals surface area (Å²) in [4.78, 5) is 8.24. The molecule has 14 heteroatoms. The molecule has 198 valence electrons. The summed E-state index contributed by atoms with van der Waals surface area (Å²) in [5.74, 6) is 0.929. The van der Waals surface area contributed by atoms with Crippen LogP contribution in [0.5, 0.6) is 11.5 Å². The standard InChI is InChI=1S/C24H26N8O5S/c1-15(22(37-5)23-26-12-16(11-25)13-27-23)38(33,34)14-20-28-29-24(17-9-10-31(2)30-17)32(20)21-18(35-3)7-6-8-19(21)36-4/h6-10,12-13,15,22H,14H2,1-5H3/t15-,22-/m0/s1. The van der Waals surface area contributed by atoms with E-state index in [1.165, 1.54) is 40.6 Å². The molecule has 0 fully saturated rings. The molecular weight excluding hydrogens is 512 g/mol. The topological polar surface area (TPSA) is 160 Å². The highest BCUT2D eigenvalue weighted by Gasteiger charge is 2.35. The van der Waals surface area contributed by atoms with Crippen molar-refractivity contribution in [2.24, 2.45) is 7.05 Å². The van der Waals surface area contributed by atoms with Crippen molar-refractivity contribution in [3.05, 3.63) is 60.1 Å². The van der Waals surface area contributed by atoms with Gasteiger partial charge in [0.1, 0.15) is 40.8 Å². The van der Waals surface area contributed by atoms with Crippen molar-refractivity contribution in [1.29, 1.82) is 5.26 Å². The van der Waals surface area contributed by atoms with Crippen LogP contribution in [0.3, 0.4) is 0 Å². The molecule has 0 bridgehead atoms. The second-order valence-electron chi connectivity index (χ2n) is 8.27. The number of hydrogen-bond donors (Lipinski definition) is 0. The molecule has 0 radical (unpaired) electrons. The molecule has 0 spiro atoms. The Morgan fingerprint density at radius 1 is 1.05 bits per heavy atom. The Morgan fingerprint density at radius 2 is 1.71 bits per heavy atom. The van der Waals surface area contributed by atoms with Crippen LogP contribution in [0, 0.1) is 11.3 Å². The molecule has 0 aliphatic rings. The molecule has 1 aromatic carbocycles. The minimum absolute atomic E-state index is 0.121. The third-order valence-corrected chi connectivity index (χ3v) is 7.97. The van der Waals surface area contributed by atoms with E-state index >= 15 is 0 Å². The average Bonchev–Trinajstić information content (AvgIpc) is 3.54. The fourth-order valence-corrected chi connectivity index (χ4v) is 5.37. The zero-order chi connectivity index (χ0) is 27.4. The molecule has 0 saturated carbocycles. The smallest absolute Gasteiger partial charge is 0.189 e. The molecule has 3 heterocycles. The molecule has 4 rings (SSSR count). The lowest BCUT2D eigenvalue weighted by Gasteiger charge is -2.22. The van der Waals surface area contributed by atoms with Crippen molar-refractivity contribution in [3.63, 3.8) is 0 Å². The third kappa shape index (κ3) is 5.06. The minimum Gasteiger partial charge on any atom is -0.494 e. The number of methoxy groups -OCH3 is 3. The number of nitriles is 1. The highest BCUT2D eigenvalue weighted by atomic mass is 32.2. The number of aromatic nitrogens is 7. The average molecular weight is 539 g/mol. The predicted octanol–water partition coefficient (Wildman–Crippen LogP) is 2.04. The zero-order valence-electron chi connectivity index (χ0n) is 21.4. The van der Waals surface area contributed by atoms with Gasteiger partial charge in [-0.25, -0.2) is 18.4 Å². The number of hydrogen-bond acceptors (Lipinski definition) is 11. The number of sulfone groups is 1. The summed E-state index contributed by atoms with van der Waals surface area (Å²) in [7, 11) is 2.22. The van der Waals surface area contributed by atoms with Gasteiger partial charge in [0.05, 0.1) is 25.0 Å². The van der Waals surface area contributed by atoms with Crippen LogP contribution in [-0.2, 0) is 27.4 Å². The van der Waals surface area contributed by atoms with E-state index in [1.54, 1.807) is 46.8 Å². The van der Waals surface area contributed by atoms with E-state index < -0.39 is 26.9 Å². The summed E-state index contributed by atoms with van der Waals surface area (Å²) in [5.41, 5.74) is 1.16. The monoisotopic (exact) mass is 538 g/mol. The van der Waals surface area contributed by atoms with E-state index in [0.29, 0.717) is 28.7 Å². The van der Waals surface area contributed by atoms with Gasteiger partial charge in [-0.3, -0.25) is 9.25 Å². The van der Waals surface area contributed by atoms with Gasteiger partial charge in [-0.05, 0) is 25.1 Å². The Morgan fingerprint density at radius 3 is 2.24 bits per heavy atom. The summed E-state index contributed by atoms with van der Waals surface area (Å²) in [6.45, 7) is 1.51. The van der Waals surface area contributed by atoms with Crippen LogP contribution in [-0.4, -0.2) is 69.5 Å².